The van der Waals surface area contributed by atoms with Gasteiger partial charge in [-0.05, 0) is 59.1 Å². The largest absolute Gasteiger partial charge is 0.486 e. The summed E-state index contributed by atoms with van der Waals surface area (Å²) in [6, 6.07) is 4.20. The summed E-state index contributed by atoms with van der Waals surface area (Å²) in [7, 11) is 0. The molecule has 0 bridgehead atoms. The number of halogens is 1. The molecule has 3 nitrogen and oxygen atoms in total. The SMILES string of the molecule is CC1(CNCc2cc(Br)c3c(c2)OCCO3)CCCS1. The molecule has 0 aliphatic carbocycles. The lowest BCUT2D eigenvalue weighted by Crippen LogP contribution is -2.32. The summed E-state index contributed by atoms with van der Waals surface area (Å²) in [4.78, 5) is 0. The van der Waals surface area contributed by atoms with Crippen LogP contribution in [0.15, 0.2) is 16.6 Å². The molecule has 0 amide bonds. The maximum atomic E-state index is 5.66. The molecule has 1 fully saturated rings. The first kappa shape index (κ1) is 14.5. The van der Waals surface area contributed by atoms with E-state index >= 15 is 0 Å². The molecule has 0 radical (unpaired) electrons. The average molecular weight is 358 g/mol. The topological polar surface area (TPSA) is 30.5 Å². The van der Waals surface area contributed by atoms with Crippen LogP contribution in [0.4, 0.5) is 0 Å². The molecular weight excluding hydrogens is 338 g/mol. The van der Waals surface area contributed by atoms with Gasteiger partial charge in [0.15, 0.2) is 11.5 Å². The number of rotatable bonds is 4. The van der Waals surface area contributed by atoms with Crippen molar-refractivity contribution in [2.75, 3.05) is 25.5 Å². The molecule has 1 unspecified atom stereocenters. The quantitative estimate of drug-likeness (QED) is 0.891. The van der Waals surface area contributed by atoms with Crippen LogP contribution in [0.5, 0.6) is 11.5 Å². The van der Waals surface area contributed by atoms with Crippen LogP contribution in [0.3, 0.4) is 0 Å². The zero-order valence-electron chi connectivity index (χ0n) is 11.7. The van der Waals surface area contributed by atoms with Gasteiger partial charge in [0.05, 0.1) is 4.47 Å². The summed E-state index contributed by atoms with van der Waals surface area (Å²) >= 11 is 5.65. The Hall–Kier alpha value is -0.390. The molecule has 110 valence electrons. The summed E-state index contributed by atoms with van der Waals surface area (Å²) in [5, 5.41) is 3.58. The van der Waals surface area contributed by atoms with Crippen LogP contribution in [0.25, 0.3) is 0 Å². The second-order valence-electron chi connectivity index (χ2n) is 5.61. The predicted octanol–water partition coefficient (Wildman–Crippen LogP) is 3.60. The van der Waals surface area contributed by atoms with E-state index in [1.54, 1.807) is 0 Å². The molecule has 2 heterocycles. The summed E-state index contributed by atoms with van der Waals surface area (Å²) in [5.41, 5.74) is 1.23. The van der Waals surface area contributed by atoms with Crippen LogP contribution in [-0.4, -0.2) is 30.3 Å². The molecule has 0 spiro atoms. The molecule has 1 aromatic rings. The summed E-state index contributed by atoms with van der Waals surface area (Å²) in [6.45, 7) is 5.54. The van der Waals surface area contributed by atoms with E-state index in [9.17, 15) is 0 Å². The van der Waals surface area contributed by atoms with Crippen LogP contribution in [-0.2, 0) is 6.54 Å². The fourth-order valence-electron chi connectivity index (χ4n) is 2.71. The van der Waals surface area contributed by atoms with Crippen molar-refractivity contribution < 1.29 is 9.47 Å². The summed E-state index contributed by atoms with van der Waals surface area (Å²) in [5.74, 6) is 2.98. The Bertz CT molecular complexity index is 489. The van der Waals surface area contributed by atoms with Crippen LogP contribution < -0.4 is 14.8 Å². The molecule has 1 aromatic carbocycles. The Labute approximate surface area is 132 Å². The first-order valence-electron chi connectivity index (χ1n) is 7.09. The Morgan fingerprint density at radius 3 is 3.00 bits per heavy atom. The molecule has 0 saturated carbocycles. The molecule has 20 heavy (non-hydrogen) atoms. The fraction of sp³-hybridized carbons (Fsp3) is 0.600. The van der Waals surface area contributed by atoms with Crippen molar-refractivity contribution in [2.24, 2.45) is 0 Å². The molecule has 5 heteroatoms. The molecular formula is C15H20BrNO2S. The third-order valence-corrected chi connectivity index (χ3v) is 5.91. The molecule has 1 saturated heterocycles. The minimum atomic E-state index is 0.408. The van der Waals surface area contributed by atoms with Gasteiger partial charge < -0.3 is 14.8 Å². The Balaban J connectivity index is 1.61. The number of benzene rings is 1. The number of nitrogens with one attached hydrogen (secondary N) is 1. The van der Waals surface area contributed by atoms with Crippen molar-refractivity contribution in [3.63, 3.8) is 0 Å². The van der Waals surface area contributed by atoms with Crippen LogP contribution in [0, 0.1) is 0 Å². The van der Waals surface area contributed by atoms with E-state index in [2.05, 4.69) is 52.1 Å². The monoisotopic (exact) mass is 357 g/mol. The van der Waals surface area contributed by atoms with E-state index in [1.165, 1.54) is 24.2 Å². The van der Waals surface area contributed by atoms with Crippen molar-refractivity contribution in [1.82, 2.24) is 5.32 Å². The highest BCUT2D eigenvalue weighted by Gasteiger charge is 2.28. The smallest absolute Gasteiger partial charge is 0.175 e. The van der Waals surface area contributed by atoms with E-state index in [4.69, 9.17) is 9.47 Å². The maximum Gasteiger partial charge on any atom is 0.175 e. The Kier molecular flexibility index (Phi) is 4.48. The van der Waals surface area contributed by atoms with Gasteiger partial charge in [0.1, 0.15) is 13.2 Å². The lowest BCUT2D eigenvalue weighted by atomic mass is 10.1. The normalized spacial score (nSPS) is 24.9. The van der Waals surface area contributed by atoms with Crippen molar-refractivity contribution in [1.29, 1.82) is 0 Å². The Morgan fingerprint density at radius 1 is 1.35 bits per heavy atom. The zero-order valence-corrected chi connectivity index (χ0v) is 14.1. The Morgan fingerprint density at radius 2 is 2.20 bits per heavy atom. The number of hydrogen-bond acceptors (Lipinski definition) is 4. The molecule has 2 aliphatic heterocycles. The van der Waals surface area contributed by atoms with Gasteiger partial charge in [0.25, 0.3) is 0 Å². The second kappa shape index (κ2) is 6.16. The van der Waals surface area contributed by atoms with Gasteiger partial charge >= 0.3 is 0 Å². The standard InChI is InChI=1S/C15H20BrNO2S/c1-15(3-2-6-20-15)10-17-9-11-7-12(16)14-13(8-11)18-4-5-19-14/h7-8,17H,2-6,9-10H2,1H3. The van der Waals surface area contributed by atoms with E-state index in [0.29, 0.717) is 18.0 Å². The van der Waals surface area contributed by atoms with Gasteiger partial charge in [-0.25, -0.2) is 0 Å². The maximum absolute atomic E-state index is 5.66. The zero-order chi connectivity index (χ0) is 14.0. The van der Waals surface area contributed by atoms with Gasteiger partial charge in [0.2, 0.25) is 0 Å². The van der Waals surface area contributed by atoms with E-state index in [-0.39, 0.29) is 0 Å². The van der Waals surface area contributed by atoms with Gasteiger partial charge in [-0.3, -0.25) is 0 Å². The van der Waals surface area contributed by atoms with Crippen LogP contribution in [0.2, 0.25) is 0 Å². The highest BCUT2D eigenvalue weighted by molar-refractivity contribution is 9.10. The predicted molar refractivity (Wildman–Crippen MR) is 86.9 cm³/mol. The van der Waals surface area contributed by atoms with Crippen molar-refractivity contribution in [2.45, 2.75) is 31.1 Å². The molecule has 0 aromatic heterocycles. The van der Waals surface area contributed by atoms with E-state index in [1.807, 2.05) is 0 Å². The van der Waals surface area contributed by atoms with Crippen molar-refractivity contribution in [3.8, 4) is 11.5 Å². The number of thioether (sulfide) groups is 1. The first-order chi connectivity index (χ1) is 9.66. The van der Waals surface area contributed by atoms with E-state index < -0.39 is 0 Å². The summed E-state index contributed by atoms with van der Waals surface area (Å²) < 4.78 is 12.7. The van der Waals surface area contributed by atoms with Gasteiger partial charge in [0, 0.05) is 17.8 Å². The van der Waals surface area contributed by atoms with Crippen LogP contribution >= 0.6 is 27.7 Å². The van der Waals surface area contributed by atoms with Gasteiger partial charge in [-0.1, -0.05) is 0 Å². The summed E-state index contributed by atoms with van der Waals surface area (Å²) in [6.07, 6.45) is 2.66. The van der Waals surface area contributed by atoms with Gasteiger partial charge in [-0.15, -0.1) is 0 Å². The average Bonchev–Trinajstić information content (AvgIpc) is 2.86. The van der Waals surface area contributed by atoms with Crippen LogP contribution in [0.1, 0.15) is 25.3 Å². The second-order valence-corrected chi connectivity index (χ2v) is 8.14. The number of hydrogen-bond donors (Lipinski definition) is 1. The highest BCUT2D eigenvalue weighted by Crippen LogP contribution is 2.39. The minimum absolute atomic E-state index is 0.408. The van der Waals surface area contributed by atoms with Crippen molar-refractivity contribution >= 4 is 27.7 Å². The molecule has 2 aliphatic rings. The lowest BCUT2D eigenvalue weighted by molar-refractivity contribution is 0.170. The van der Waals surface area contributed by atoms with Gasteiger partial charge in [-0.2, -0.15) is 11.8 Å². The first-order valence-corrected chi connectivity index (χ1v) is 8.87. The molecule has 3 rings (SSSR count). The highest BCUT2D eigenvalue weighted by atomic mass is 79.9. The van der Waals surface area contributed by atoms with Crippen molar-refractivity contribution in [3.05, 3.63) is 22.2 Å². The minimum Gasteiger partial charge on any atom is -0.486 e. The number of ether oxygens (including phenoxy) is 2. The lowest BCUT2D eigenvalue weighted by Gasteiger charge is -2.24. The van der Waals surface area contributed by atoms with E-state index in [0.717, 1.165) is 29.1 Å². The number of fused-ring (bicyclic) bond motifs is 1. The fourth-order valence-corrected chi connectivity index (χ4v) is 4.59. The molecule has 1 atom stereocenters. The molecule has 1 N–H and O–H groups in total. The third kappa shape index (κ3) is 3.26. The third-order valence-electron chi connectivity index (χ3n) is 3.79.